The van der Waals surface area contributed by atoms with E-state index in [1.54, 1.807) is 11.5 Å². The maximum Gasteiger partial charge on any atom is 0.356 e. The minimum atomic E-state index is -1.10. The molecule has 1 aromatic rings. The summed E-state index contributed by atoms with van der Waals surface area (Å²) in [6.45, 7) is 3.64. The SMILES string of the molecule is CC(=O)NC(C)C(=O)NCCn1cnc(C(=O)O)c1. The lowest BCUT2D eigenvalue weighted by molar-refractivity contribution is -0.127. The number of carboxylic acid groups (broad SMARTS) is 1. The molecule has 1 aromatic heterocycles. The van der Waals surface area contributed by atoms with Crippen molar-refractivity contribution in [3.8, 4) is 0 Å². The van der Waals surface area contributed by atoms with Crippen LogP contribution in [0, 0.1) is 0 Å². The Labute approximate surface area is 109 Å². The van der Waals surface area contributed by atoms with Gasteiger partial charge in [-0.15, -0.1) is 0 Å². The average molecular weight is 268 g/mol. The summed E-state index contributed by atoms with van der Waals surface area (Å²) in [5, 5.41) is 13.8. The van der Waals surface area contributed by atoms with Gasteiger partial charge in [0.1, 0.15) is 6.04 Å². The van der Waals surface area contributed by atoms with Gasteiger partial charge < -0.3 is 20.3 Å². The predicted octanol–water partition coefficient (Wildman–Crippen LogP) is -0.778. The highest BCUT2D eigenvalue weighted by molar-refractivity contribution is 5.86. The Hall–Kier alpha value is -2.38. The molecular formula is C11H16N4O4. The summed E-state index contributed by atoms with van der Waals surface area (Å²) < 4.78 is 1.56. The molecule has 8 nitrogen and oxygen atoms in total. The molecule has 0 saturated heterocycles. The van der Waals surface area contributed by atoms with Gasteiger partial charge in [0.05, 0.1) is 6.33 Å². The van der Waals surface area contributed by atoms with E-state index >= 15 is 0 Å². The van der Waals surface area contributed by atoms with Gasteiger partial charge in [-0.25, -0.2) is 9.78 Å². The second kappa shape index (κ2) is 6.53. The molecule has 1 atom stereocenters. The molecule has 0 aromatic carbocycles. The van der Waals surface area contributed by atoms with Crippen molar-refractivity contribution in [3.05, 3.63) is 18.2 Å². The van der Waals surface area contributed by atoms with Gasteiger partial charge in [-0.2, -0.15) is 0 Å². The molecule has 1 rings (SSSR count). The van der Waals surface area contributed by atoms with Crippen LogP contribution >= 0.6 is 0 Å². The summed E-state index contributed by atoms with van der Waals surface area (Å²) in [6, 6.07) is -0.602. The maximum absolute atomic E-state index is 11.5. The number of carboxylic acids is 1. The molecule has 0 aliphatic heterocycles. The second-order valence-electron chi connectivity index (χ2n) is 4.02. The zero-order valence-corrected chi connectivity index (χ0v) is 10.7. The maximum atomic E-state index is 11.5. The van der Waals surface area contributed by atoms with Crippen LogP contribution in [0.4, 0.5) is 0 Å². The standard InChI is InChI=1S/C11H16N4O4/c1-7(14-8(2)16)10(17)12-3-4-15-5-9(11(18)19)13-6-15/h5-7H,3-4H2,1-2H3,(H,12,17)(H,14,16)(H,18,19). The van der Waals surface area contributed by atoms with Crippen LogP contribution in [0.5, 0.6) is 0 Å². The van der Waals surface area contributed by atoms with Gasteiger partial charge in [0.25, 0.3) is 0 Å². The Balaban J connectivity index is 2.35. The fourth-order valence-corrected chi connectivity index (χ4v) is 1.42. The second-order valence-corrected chi connectivity index (χ2v) is 4.02. The first kappa shape index (κ1) is 14.7. The van der Waals surface area contributed by atoms with Crippen molar-refractivity contribution in [1.82, 2.24) is 20.2 Å². The third kappa shape index (κ3) is 4.78. The summed E-state index contributed by atoms with van der Waals surface area (Å²) >= 11 is 0. The number of rotatable bonds is 6. The monoisotopic (exact) mass is 268 g/mol. The molecule has 3 N–H and O–H groups in total. The third-order valence-electron chi connectivity index (χ3n) is 2.33. The number of carbonyl (C=O) groups is 3. The quantitative estimate of drug-likeness (QED) is 0.626. The minimum Gasteiger partial charge on any atom is -0.476 e. The smallest absolute Gasteiger partial charge is 0.356 e. The number of carbonyl (C=O) groups excluding carboxylic acids is 2. The average Bonchev–Trinajstić information content (AvgIpc) is 2.76. The van der Waals surface area contributed by atoms with Gasteiger partial charge >= 0.3 is 5.97 Å². The molecule has 104 valence electrons. The van der Waals surface area contributed by atoms with Crippen LogP contribution in [-0.4, -0.2) is 45.0 Å². The molecule has 1 heterocycles. The molecule has 0 aliphatic carbocycles. The first-order valence-corrected chi connectivity index (χ1v) is 5.70. The summed E-state index contributed by atoms with van der Waals surface area (Å²) in [7, 11) is 0. The van der Waals surface area contributed by atoms with E-state index in [1.807, 2.05) is 0 Å². The number of imidazole rings is 1. The number of nitrogens with one attached hydrogen (secondary N) is 2. The van der Waals surface area contributed by atoms with Gasteiger partial charge in [-0.1, -0.05) is 0 Å². The molecule has 0 aliphatic rings. The summed E-state index contributed by atoms with van der Waals surface area (Å²) in [6.07, 6.45) is 2.76. The molecule has 2 amide bonds. The Morgan fingerprint density at radius 1 is 1.47 bits per heavy atom. The number of nitrogens with zero attached hydrogens (tertiary/aromatic N) is 2. The number of amides is 2. The van der Waals surface area contributed by atoms with E-state index in [0.717, 1.165) is 0 Å². The Morgan fingerprint density at radius 3 is 2.68 bits per heavy atom. The third-order valence-corrected chi connectivity index (χ3v) is 2.33. The van der Waals surface area contributed by atoms with Crippen LogP contribution in [0.2, 0.25) is 0 Å². The van der Waals surface area contributed by atoms with Gasteiger partial charge in [0, 0.05) is 26.2 Å². The van der Waals surface area contributed by atoms with Crippen LogP contribution in [0.15, 0.2) is 12.5 Å². The predicted molar refractivity (Wildman–Crippen MR) is 65.5 cm³/mol. The lowest BCUT2D eigenvalue weighted by Crippen LogP contribution is -2.44. The first-order chi connectivity index (χ1) is 8.90. The molecule has 0 radical (unpaired) electrons. The van der Waals surface area contributed by atoms with Crippen molar-refractivity contribution in [3.63, 3.8) is 0 Å². The highest BCUT2D eigenvalue weighted by Gasteiger charge is 2.12. The van der Waals surface area contributed by atoms with Crippen molar-refractivity contribution < 1.29 is 19.5 Å². The Bertz CT molecular complexity index is 483. The van der Waals surface area contributed by atoms with Gasteiger partial charge in [0.2, 0.25) is 11.8 Å². The molecule has 0 bridgehead atoms. The number of aromatic carboxylic acids is 1. The highest BCUT2D eigenvalue weighted by atomic mass is 16.4. The largest absolute Gasteiger partial charge is 0.476 e. The zero-order chi connectivity index (χ0) is 14.4. The number of hydrogen-bond acceptors (Lipinski definition) is 4. The van der Waals surface area contributed by atoms with E-state index in [1.165, 1.54) is 19.4 Å². The van der Waals surface area contributed by atoms with Crippen molar-refractivity contribution in [2.45, 2.75) is 26.4 Å². The normalized spacial score (nSPS) is 11.7. The fraction of sp³-hybridized carbons (Fsp3) is 0.455. The summed E-state index contributed by atoms with van der Waals surface area (Å²) in [5.41, 5.74) is -0.0436. The molecule has 0 fully saturated rings. The molecule has 8 heteroatoms. The van der Waals surface area contributed by atoms with Crippen LogP contribution in [0.25, 0.3) is 0 Å². The van der Waals surface area contributed by atoms with E-state index in [2.05, 4.69) is 15.6 Å². The van der Waals surface area contributed by atoms with Crippen molar-refractivity contribution in [2.75, 3.05) is 6.54 Å². The summed E-state index contributed by atoms with van der Waals surface area (Å²) in [4.78, 5) is 36.6. The Kier molecular flexibility index (Phi) is 5.04. The summed E-state index contributed by atoms with van der Waals surface area (Å²) in [5.74, 6) is -1.67. The van der Waals surface area contributed by atoms with Crippen molar-refractivity contribution in [2.24, 2.45) is 0 Å². The fourth-order valence-electron chi connectivity index (χ4n) is 1.42. The van der Waals surface area contributed by atoms with E-state index in [9.17, 15) is 14.4 Å². The van der Waals surface area contributed by atoms with E-state index in [4.69, 9.17) is 5.11 Å². The molecule has 0 saturated carbocycles. The first-order valence-electron chi connectivity index (χ1n) is 5.70. The van der Waals surface area contributed by atoms with Crippen molar-refractivity contribution in [1.29, 1.82) is 0 Å². The van der Waals surface area contributed by atoms with Crippen molar-refractivity contribution >= 4 is 17.8 Å². The Morgan fingerprint density at radius 2 is 2.16 bits per heavy atom. The minimum absolute atomic E-state index is 0.0436. The van der Waals surface area contributed by atoms with Crippen LogP contribution < -0.4 is 10.6 Å². The van der Waals surface area contributed by atoms with E-state index in [-0.39, 0.29) is 17.5 Å². The van der Waals surface area contributed by atoms with Gasteiger partial charge in [-0.05, 0) is 6.92 Å². The molecule has 0 spiro atoms. The zero-order valence-electron chi connectivity index (χ0n) is 10.7. The number of hydrogen-bond donors (Lipinski definition) is 3. The lowest BCUT2D eigenvalue weighted by Gasteiger charge is -2.12. The topological polar surface area (TPSA) is 113 Å². The molecule has 19 heavy (non-hydrogen) atoms. The van der Waals surface area contributed by atoms with Gasteiger partial charge in [-0.3, -0.25) is 9.59 Å². The van der Waals surface area contributed by atoms with Crippen LogP contribution in [-0.2, 0) is 16.1 Å². The van der Waals surface area contributed by atoms with E-state index < -0.39 is 12.0 Å². The van der Waals surface area contributed by atoms with Crippen LogP contribution in [0.3, 0.4) is 0 Å². The van der Waals surface area contributed by atoms with E-state index in [0.29, 0.717) is 13.1 Å². The van der Waals surface area contributed by atoms with Gasteiger partial charge in [0.15, 0.2) is 5.69 Å². The lowest BCUT2D eigenvalue weighted by atomic mass is 10.3. The highest BCUT2D eigenvalue weighted by Crippen LogP contribution is 1.95. The molecular weight excluding hydrogens is 252 g/mol. The van der Waals surface area contributed by atoms with Crippen LogP contribution in [0.1, 0.15) is 24.3 Å². The molecule has 1 unspecified atom stereocenters. The number of aromatic nitrogens is 2.